The fourth-order valence-electron chi connectivity index (χ4n) is 3.15. The minimum Gasteiger partial charge on any atom is -0.488 e. The van der Waals surface area contributed by atoms with Gasteiger partial charge in [-0.2, -0.15) is 0 Å². The molecule has 0 aromatic heterocycles. The first kappa shape index (κ1) is 20.0. The first-order chi connectivity index (χ1) is 12.3. The summed E-state index contributed by atoms with van der Waals surface area (Å²) in [6, 6.07) is 12.7. The molecule has 0 radical (unpaired) electrons. The topological polar surface area (TPSA) is 49.8 Å². The number of benzene rings is 2. The van der Waals surface area contributed by atoms with Crippen molar-refractivity contribution in [1.29, 1.82) is 0 Å². The second-order valence-electron chi connectivity index (χ2n) is 7.23. The molecule has 2 aromatic rings. The van der Waals surface area contributed by atoms with Gasteiger partial charge < -0.3 is 9.84 Å². The second-order valence-corrected chi connectivity index (χ2v) is 7.23. The third-order valence-corrected chi connectivity index (χ3v) is 4.44. The van der Waals surface area contributed by atoms with Crippen LogP contribution < -0.4 is 4.74 Å². The Bertz CT molecular complexity index is 745. The second kappa shape index (κ2) is 8.86. The first-order valence-electron chi connectivity index (χ1n) is 9.00. The van der Waals surface area contributed by atoms with Crippen LogP contribution in [-0.2, 0) is 17.9 Å². The van der Waals surface area contributed by atoms with E-state index >= 15 is 0 Å². The fourth-order valence-corrected chi connectivity index (χ4v) is 3.15. The molecule has 0 aliphatic heterocycles. The maximum atomic E-state index is 11.1. The minimum atomic E-state index is -0.801. The molecular weight excluding hydrogens is 326 g/mol. The molecule has 4 heteroatoms. The summed E-state index contributed by atoms with van der Waals surface area (Å²) in [6.45, 7) is 11.4. The normalized spacial score (nSPS) is 11.2. The predicted molar refractivity (Wildman–Crippen MR) is 105 cm³/mol. The van der Waals surface area contributed by atoms with E-state index in [2.05, 4.69) is 37.3 Å². The molecule has 0 atom stereocenters. The summed E-state index contributed by atoms with van der Waals surface area (Å²) in [5, 5.41) is 9.10. The molecule has 0 aliphatic rings. The number of hydrogen-bond acceptors (Lipinski definition) is 3. The lowest BCUT2D eigenvalue weighted by Crippen LogP contribution is -2.35. The van der Waals surface area contributed by atoms with Gasteiger partial charge in [-0.3, -0.25) is 9.69 Å². The van der Waals surface area contributed by atoms with Crippen LogP contribution in [0.5, 0.6) is 5.75 Å². The molecule has 4 nitrogen and oxygen atoms in total. The smallest absolute Gasteiger partial charge is 0.317 e. The molecule has 1 N–H and O–H groups in total. The van der Waals surface area contributed by atoms with Crippen LogP contribution in [0.2, 0.25) is 0 Å². The Morgan fingerprint density at radius 2 is 1.73 bits per heavy atom. The molecule has 0 heterocycles. The third kappa shape index (κ3) is 5.60. The van der Waals surface area contributed by atoms with Gasteiger partial charge >= 0.3 is 5.97 Å². The standard InChI is InChI=1S/C22H29NO3/c1-15(2)23(13-21(24)25)12-20-10-17(4)22(18(5)11-20)26-14-19-8-6-7-16(3)9-19/h6-11,15H,12-14H2,1-5H3,(H,24,25). The minimum absolute atomic E-state index is 0.0430. The van der Waals surface area contributed by atoms with E-state index in [9.17, 15) is 4.79 Å². The Labute approximate surface area is 156 Å². The quantitative estimate of drug-likeness (QED) is 0.758. The van der Waals surface area contributed by atoms with Crippen molar-refractivity contribution in [3.05, 3.63) is 64.2 Å². The van der Waals surface area contributed by atoms with Gasteiger partial charge in [0.2, 0.25) is 0 Å². The van der Waals surface area contributed by atoms with Crippen LogP contribution in [0.3, 0.4) is 0 Å². The first-order valence-corrected chi connectivity index (χ1v) is 9.00. The maximum Gasteiger partial charge on any atom is 0.317 e. The number of carboxylic acids is 1. The number of hydrogen-bond donors (Lipinski definition) is 1. The average molecular weight is 355 g/mol. The highest BCUT2D eigenvalue weighted by Gasteiger charge is 2.15. The molecule has 0 fully saturated rings. The molecule has 2 aromatic carbocycles. The summed E-state index contributed by atoms with van der Waals surface area (Å²) in [7, 11) is 0. The van der Waals surface area contributed by atoms with Crippen molar-refractivity contribution in [3.8, 4) is 5.75 Å². The van der Waals surface area contributed by atoms with E-state index in [1.165, 1.54) is 5.56 Å². The zero-order valence-electron chi connectivity index (χ0n) is 16.4. The Balaban J connectivity index is 2.12. The molecule has 0 aliphatic carbocycles. The van der Waals surface area contributed by atoms with Gasteiger partial charge in [-0.1, -0.05) is 42.0 Å². The van der Waals surface area contributed by atoms with Gasteiger partial charge in [0.25, 0.3) is 0 Å². The van der Waals surface area contributed by atoms with Crippen LogP contribution in [0.25, 0.3) is 0 Å². The summed E-state index contributed by atoms with van der Waals surface area (Å²) in [5.41, 5.74) is 5.64. The summed E-state index contributed by atoms with van der Waals surface area (Å²) >= 11 is 0. The number of nitrogens with zero attached hydrogens (tertiary/aromatic N) is 1. The highest BCUT2D eigenvalue weighted by atomic mass is 16.5. The number of ether oxygens (including phenoxy) is 1. The van der Waals surface area contributed by atoms with Crippen LogP contribution in [-0.4, -0.2) is 28.6 Å². The molecule has 2 rings (SSSR count). The Morgan fingerprint density at radius 3 is 2.27 bits per heavy atom. The fraction of sp³-hybridized carbons (Fsp3) is 0.409. The van der Waals surface area contributed by atoms with Crippen LogP contribution in [0.1, 0.15) is 41.7 Å². The summed E-state index contributed by atoms with van der Waals surface area (Å²) in [6.07, 6.45) is 0. The lowest BCUT2D eigenvalue weighted by molar-refractivity contribution is -0.138. The van der Waals surface area contributed by atoms with Crippen molar-refractivity contribution in [1.82, 2.24) is 4.90 Å². The number of aliphatic carboxylic acids is 1. The molecule has 0 saturated heterocycles. The van der Waals surface area contributed by atoms with Crippen molar-refractivity contribution in [3.63, 3.8) is 0 Å². The van der Waals surface area contributed by atoms with E-state index in [0.717, 1.165) is 28.0 Å². The lowest BCUT2D eigenvalue weighted by Gasteiger charge is -2.25. The predicted octanol–water partition coefficient (Wildman–Crippen LogP) is 4.49. The van der Waals surface area contributed by atoms with Gasteiger partial charge in [0.15, 0.2) is 0 Å². The SMILES string of the molecule is Cc1cccc(COc2c(C)cc(CN(CC(=O)O)C(C)C)cc2C)c1. The van der Waals surface area contributed by atoms with Crippen LogP contribution >= 0.6 is 0 Å². The number of rotatable bonds is 8. The van der Waals surface area contributed by atoms with Crippen molar-refractivity contribution < 1.29 is 14.6 Å². The molecule has 140 valence electrons. The van der Waals surface area contributed by atoms with Crippen molar-refractivity contribution >= 4 is 5.97 Å². The maximum absolute atomic E-state index is 11.1. The Morgan fingerprint density at radius 1 is 1.08 bits per heavy atom. The van der Waals surface area contributed by atoms with Crippen molar-refractivity contribution in [2.24, 2.45) is 0 Å². The summed E-state index contributed by atoms with van der Waals surface area (Å²) in [5.74, 6) is 0.106. The zero-order chi connectivity index (χ0) is 19.3. The molecule has 0 bridgehead atoms. The Hall–Kier alpha value is -2.33. The van der Waals surface area contributed by atoms with Gasteiger partial charge in [0.05, 0.1) is 6.54 Å². The summed E-state index contributed by atoms with van der Waals surface area (Å²) in [4.78, 5) is 13.0. The van der Waals surface area contributed by atoms with Crippen molar-refractivity contribution in [2.45, 2.75) is 53.8 Å². The van der Waals surface area contributed by atoms with E-state index in [1.54, 1.807) is 0 Å². The summed E-state index contributed by atoms with van der Waals surface area (Å²) < 4.78 is 6.07. The van der Waals surface area contributed by atoms with E-state index in [0.29, 0.717) is 13.2 Å². The molecule has 26 heavy (non-hydrogen) atoms. The monoisotopic (exact) mass is 355 g/mol. The van der Waals surface area contributed by atoms with Gasteiger partial charge in [-0.25, -0.2) is 0 Å². The zero-order valence-corrected chi connectivity index (χ0v) is 16.4. The molecular formula is C22H29NO3. The largest absolute Gasteiger partial charge is 0.488 e. The highest BCUT2D eigenvalue weighted by Crippen LogP contribution is 2.27. The van der Waals surface area contributed by atoms with Gasteiger partial charge in [0, 0.05) is 12.6 Å². The molecule has 0 amide bonds. The number of aryl methyl sites for hydroxylation is 3. The van der Waals surface area contributed by atoms with Gasteiger partial charge in [0.1, 0.15) is 12.4 Å². The van der Waals surface area contributed by atoms with E-state index in [4.69, 9.17) is 9.84 Å². The van der Waals surface area contributed by atoms with E-state index < -0.39 is 5.97 Å². The van der Waals surface area contributed by atoms with Crippen LogP contribution in [0.4, 0.5) is 0 Å². The van der Waals surface area contributed by atoms with Gasteiger partial charge in [-0.15, -0.1) is 0 Å². The van der Waals surface area contributed by atoms with E-state index in [-0.39, 0.29) is 12.6 Å². The highest BCUT2D eigenvalue weighted by molar-refractivity contribution is 5.69. The number of carboxylic acid groups (broad SMARTS) is 1. The molecule has 0 spiro atoms. The van der Waals surface area contributed by atoms with Crippen molar-refractivity contribution in [2.75, 3.05) is 6.54 Å². The third-order valence-electron chi connectivity index (χ3n) is 4.44. The van der Waals surface area contributed by atoms with Gasteiger partial charge in [-0.05, 0) is 56.9 Å². The van der Waals surface area contributed by atoms with Crippen LogP contribution in [0.15, 0.2) is 36.4 Å². The molecule has 0 saturated carbocycles. The Kier molecular flexibility index (Phi) is 6.81. The average Bonchev–Trinajstić information content (AvgIpc) is 2.53. The lowest BCUT2D eigenvalue weighted by atomic mass is 10.0. The van der Waals surface area contributed by atoms with E-state index in [1.807, 2.05) is 38.7 Å². The number of carbonyl (C=O) groups is 1. The molecule has 0 unspecified atom stereocenters. The van der Waals surface area contributed by atoms with Crippen LogP contribution in [0, 0.1) is 20.8 Å².